The number of halogens is 1. The number of thiazole rings is 1. The Morgan fingerprint density at radius 1 is 1.33 bits per heavy atom. The predicted octanol–water partition coefficient (Wildman–Crippen LogP) is 3.16. The molecule has 1 heterocycles. The summed E-state index contributed by atoms with van der Waals surface area (Å²) in [7, 11) is 0. The molecular weight excluding hydrogens is 249 g/mol. The third kappa shape index (κ3) is 2.76. The van der Waals surface area contributed by atoms with E-state index in [9.17, 15) is 9.50 Å². The van der Waals surface area contributed by atoms with E-state index in [1.807, 2.05) is 19.2 Å². The Hall–Kier alpha value is -1.26. The number of benzene rings is 1. The Labute approximate surface area is 110 Å². The molecule has 4 heteroatoms. The molecule has 0 saturated carbocycles. The van der Waals surface area contributed by atoms with Crippen LogP contribution in [0.25, 0.3) is 0 Å². The predicted molar refractivity (Wildman–Crippen MR) is 71.3 cm³/mol. The van der Waals surface area contributed by atoms with E-state index in [0.717, 1.165) is 10.6 Å². The molecule has 96 valence electrons. The van der Waals surface area contributed by atoms with Gasteiger partial charge in [-0.05, 0) is 17.7 Å². The molecule has 2 nitrogen and oxygen atoms in total. The highest BCUT2D eigenvalue weighted by Crippen LogP contribution is 2.29. The van der Waals surface area contributed by atoms with E-state index in [0.29, 0.717) is 6.42 Å². The highest BCUT2D eigenvalue weighted by molar-refractivity contribution is 7.09. The van der Waals surface area contributed by atoms with Gasteiger partial charge in [-0.1, -0.05) is 26.0 Å². The van der Waals surface area contributed by atoms with Gasteiger partial charge in [0.05, 0.1) is 11.1 Å². The van der Waals surface area contributed by atoms with Crippen LogP contribution in [0.1, 0.15) is 24.4 Å². The SMILES string of the molecule is CC(C)(c1ccc(F)cc1)C(O)Cc1nccs1. The van der Waals surface area contributed by atoms with Crippen LogP contribution in [0, 0.1) is 5.82 Å². The van der Waals surface area contributed by atoms with Gasteiger partial charge in [-0.15, -0.1) is 11.3 Å². The van der Waals surface area contributed by atoms with Crippen molar-refractivity contribution in [1.82, 2.24) is 4.98 Å². The van der Waals surface area contributed by atoms with Crippen molar-refractivity contribution in [2.24, 2.45) is 0 Å². The second kappa shape index (κ2) is 5.16. The number of nitrogens with zero attached hydrogens (tertiary/aromatic N) is 1. The van der Waals surface area contributed by atoms with Gasteiger partial charge in [0, 0.05) is 23.4 Å². The monoisotopic (exact) mass is 265 g/mol. The van der Waals surface area contributed by atoms with Gasteiger partial charge in [0.15, 0.2) is 0 Å². The topological polar surface area (TPSA) is 33.1 Å². The molecule has 18 heavy (non-hydrogen) atoms. The smallest absolute Gasteiger partial charge is 0.123 e. The lowest BCUT2D eigenvalue weighted by Gasteiger charge is -2.30. The minimum Gasteiger partial charge on any atom is -0.392 e. The molecule has 0 aliphatic heterocycles. The van der Waals surface area contributed by atoms with Crippen molar-refractivity contribution in [3.8, 4) is 0 Å². The van der Waals surface area contributed by atoms with E-state index in [4.69, 9.17) is 0 Å². The molecule has 1 aromatic carbocycles. The minimum absolute atomic E-state index is 0.260. The molecule has 1 atom stereocenters. The second-order valence-electron chi connectivity index (χ2n) is 4.87. The van der Waals surface area contributed by atoms with Gasteiger partial charge in [0.1, 0.15) is 5.82 Å². The molecule has 2 rings (SSSR count). The number of aliphatic hydroxyl groups is 1. The van der Waals surface area contributed by atoms with Crippen LogP contribution in [-0.4, -0.2) is 16.2 Å². The van der Waals surface area contributed by atoms with Crippen molar-refractivity contribution in [3.05, 3.63) is 52.2 Å². The van der Waals surface area contributed by atoms with Crippen molar-refractivity contribution < 1.29 is 9.50 Å². The average molecular weight is 265 g/mol. The molecule has 0 fully saturated rings. The third-order valence-electron chi connectivity index (χ3n) is 3.27. The summed E-state index contributed by atoms with van der Waals surface area (Å²) in [5.41, 5.74) is 0.493. The average Bonchev–Trinajstić information content (AvgIpc) is 2.82. The third-order valence-corrected chi connectivity index (χ3v) is 4.07. The Morgan fingerprint density at radius 3 is 2.56 bits per heavy atom. The van der Waals surface area contributed by atoms with Crippen LogP contribution in [0.5, 0.6) is 0 Å². The summed E-state index contributed by atoms with van der Waals surface area (Å²) in [5.74, 6) is -0.260. The van der Waals surface area contributed by atoms with Crippen LogP contribution in [0.4, 0.5) is 4.39 Å². The lowest BCUT2D eigenvalue weighted by atomic mass is 9.78. The normalized spacial score (nSPS) is 13.6. The fraction of sp³-hybridized carbons (Fsp3) is 0.357. The molecule has 1 aromatic heterocycles. The molecule has 0 saturated heterocycles. The zero-order valence-corrected chi connectivity index (χ0v) is 11.2. The number of rotatable bonds is 4. The Balaban J connectivity index is 2.16. The quantitative estimate of drug-likeness (QED) is 0.921. The van der Waals surface area contributed by atoms with Crippen LogP contribution < -0.4 is 0 Å². The van der Waals surface area contributed by atoms with Crippen molar-refractivity contribution in [2.75, 3.05) is 0 Å². The fourth-order valence-corrected chi connectivity index (χ4v) is 2.50. The van der Waals surface area contributed by atoms with Crippen LogP contribution in [-0.2, 0) is 11.8 Å². The fourth-order valence-electron chi connectivity index (χ4n) is 1.85. The molecule has 0 aliphatic carbocycles. The summed E-state index contributed by atoms with van der Waals surface area (Å²) in [4.78, 5) is 4.18. The second-order valence-corrected chi connectivity index (χ2v) is 5.85. The lowest BCUT2D eigenvalue weighted by molar-refractivity contribution is 0.0999. The summed E-state index contributed by atoms with van der Waals surface area (Å²) in [6.07, 6.45) is 1.70. The van der Waals surface area contributed by atoms with Crippen LogP contribution in [0.2, 0.25) is 0 Å². The molecule has 0 radical (unpaired) electrons. The summed E-state index contributed by atoms with van der Waals surface area (Å²) in [5, 5.41) is 13.2. The van der Waals surface area contributed by atoms with Crippen LogP contribution in [0.15, 0.2) is 35.8 Å². The maximum Gasteiger partial charge on any atom is 0.123 e. The van der Waals surface area contributed by atoms with Gasteiger partial charge in [-0.25, -0.2) is 9.37 Å². The van der Waals surface area contributed by atoms with E-state index >= 15 is 0 Å². The van der Waals surface area contributed by atoms with E-state index in [2.05, 4.69) is 4.98 Å². The van der Waals surface area contributed by atoms with Crippen molar-refractivity contribution in [1.29, 1.82) is 0 Å². The minimum atomic E-state index is -0.547. The van der Waals surface area contributed by atoms with Crippen LogP contribution in [0.3, 0.4) is 0 Å². The lowest BCUT2D eigenvalue weighted by Crippen LogP contribution is -2.35. The molecule has 0 aliphatic rings. The van der Waals surface area contributed by atoms with Gasteiger partial charge in [0.2, 0.25) is 0 Å². The molecule has 1 N–H and O–H groups in total. The number of hydrogen-bond acceptors (Lipinski definition) is 3. The first-order valence-corrected chi connectivity index (χ1v) is 6.70. The molecule has 1 unspecified atom stereocenters. The largest absolute Gasteiger partial charge is 0.392 e. The first kappa shape index (κ1) is 13.2. The Kier molecular flexibility index (Phi) is 3.78. The molecular formula is C14H16FNOS. The summed E-state index contributed by atoms with van der Waals surface area (Å²) in [6.45, 7) is 3.91. The molecule has 0 bridgehead atoms. The van der Waals surface area contributed by atoms with E-state index in [-0.39, 0.29) is 5.82 Å². The first-order valence-electron chi connectivity index (χ1n) is 5.82. The van der Waals surface area contributed by atoms with Gasteiger partial charge in [-0.3, -0.25) is 0 Å². The number of aliphatic hydroxyl groups excluding tert-OH is 1. The van der Waals surface area contributed by atoms with Gasteiger partial charge in [0.25, 0.3) is 0 Å². The molecule has 2 aromatic rings. The summed E-state index contributed by atoms with van der Waals surface area (Å²) < 4.78 is 12.9. The Morgan fingerprint density at radius 2 is 2.00 bits per heavy atom. The molecule has 0 spiro atoms. The first-order chi connectivity index (χ1) is 8.50. The number of hydrogen-bond donors (Lipinski definition) is 1. The van der Waals surface area contributed by atoms with Gasteiger partial charge in [-0.2, -0.15) is 0 Å². The van der Waals surface area contributed by atoms with Crippen molar-refractivity contribution in [2.45, 2.75) is 31.8 Å². The summed E-state index contributed by atoms with van der Waals surface area (Å²) in [6, 6.07) is 6.29. The standard InChI is InChI=1S/C14H16FNOS/c1-14(2,10-3-5-11(15)6-4-10)12(17)9-13-16-7-8-18-13/h3-8,12,17H,9H2,1-2H3. The van der Waals surface area contributed by atoms with Crippen LogP contribution >= 0.6 is 11.3 Å². The van der Waals surface area contributed by atoms with E-state index in [1.54, 1.807) is 18.3 Å². The van der Waals surface area contributed by atoms with E-state index in [1.165, 1.54) is 23.5 Å². The zero-order chi connectivity index (χ0) is 13.2. The summed E-state index contributed by atoms with van der Waals surface area (Å²) >= 11 is 1.53. The maximum atomic E-state index is 12.9. The molecule has 0 amide bonds. The highest BCUT2D eigenvalue weighted by atomic mass is 32.1. The van der Waals surface area contributed by atoms with E-state index < -0.39 is 11.5 Å². The highest BCUT2D eigenvalue weighted by Gasteiger charge is 2.30. The Bertz CT molecular complexity index is 493. The van der Waals surface area contributed by atoms with Gasteiger partial charge < -0.3 is 5.11 Å². The van der Waals surface area contributed by atoms with Crippen molar-refractivity contribution >= 4 is 11.3 Å². The zero-order valence-electron chi connectivity index (χ0n) is 10.4. The maximum absolute atomic E-state index is 12.9. The number of aromatic nitrogens is 1. The van der Waals surface area contributed by atoms with Crippen molar-refractivity contribution in [3.63, 3.8) is 0 Å². The van der Waals surface area contributed by atoms with Gasteiger partial charge >= 0.3 is 0 Å².